The maximum absolute atomic E-state index is 9.43. The second kappa shape index (κ2) is 7.09. The molecule has 0 rings (SSSR count). The fourth-order valence-corrected chi connectivity index (χ4v) is 0. The molecule has 9 heavy (non-hydrogen) atoms. The lowest BCUT2D eigenvalue weighted by Crippen LogP contribution is -2.06. The van der Waals surface area contributed by atoms with E-state index in [1.165, 1.54) is 4.90 Å². The molecule has 0 aromatic heterocycles. The summed E-state index contributed by atoms with van der Waals surface area (Å²) >= 11 is 0. The van der Waals surface area contributed by atoms with Crippen molar-refractivity contribution in [1.82, 2.24) is 4.90 Å². The van der Waals surface area contributed by atoms with Gasteiger partial charge in [0.25, 0.3) is 0 Å². The van der Waals surface area contributed by atoms with Crippen molar-refractivity contribution in [1.29, 1.82) is 0 Å². The van der Waals surface area contributed by atoms with Gasteiger partial charge in [0.05, 0.1) is 0 Å². The van der Waals surface area contributed by atoms with Crippen molar-refractivity contribution in [2.24, 2.45) is 0 Å². The average molecular weight is 153 g/mol. The second-order valence-electron chi connectivity index (χ2n) is 1.27. The van der Waals surface area contributed by atoms with Crippen molar-refractivity contribution in [3.05, 3.63) is 0 Å². The number of carbonyl (C=O) groups excluding carboxylic acids is 1. The SMILES string of the molecule is CN(C)C=O.O=S(=O)=O. The number of hydrogen-bond acceptors (Lipinski definition) is 4. The van der Waals surface area contributed by atoms with Gasteiger partial charge in [0.1, 0.15) is 0 Å². The van der Waals surface area contributed by atoms with Gasteiger partial charge in [-0.15, -0.1) is 12.6 Å². The molecule has 0 bridgehead atoms. The van der Waals surface area contributed by atoms with E-state index in [2.05, 4.69) is 0 Å². The molecule has 0 atom stereocenters. The van der Waals surface area contributed by atoms with E-state index in [1.807, 2.05) is 0 Å². The summed E-state index contributed by atoms with van der Waals surface area (Å²) in [4.78, 5) is 10.9. The molecular formula is C3H7NO4S. The van der Waals surface area contributed by atoms with Crippen LogP contribution in [0.2, 0.25) is 0 Å². The molecular weight excluding hydrogens is 146 g/mol. The van der Waals surface area contributed by atoms with Crippen LogP contribution in [0.4, 0.5) is 0 Å². The third-order valence-electron chi connectivity index (χ3n) is 0.211. The fourth-order valence-electron chi connectivity index (χ4n) is 0. The van der Waals surface area contributed by atoms with Gasteiger partial charge < -0.3 is 4.90 Å². The van der Waals surface area contributed by atoms with Gasteiger partial charge in [-0.05, 0) is 0 Å². The predicted octanol–water partition coefficient (Wildman–Crippen LogP) is -1.30. The molecule has 0 saturated carbocycles. The summed E-state index contributed by atoms with van der Waals surface area (Å²) < 4.78 is 25.3. The van der Waals surface area contributed by atoms with E-state index in [0.29, 0.717) is 0 Å². The standard InChI is InChI=1S/C3H7NO.O3S/c1-4(2)3-5;1-4(2)3/h3H,1-2H3;. The zero-order chi connectivity index (χ0) is 7.86. The van der Waals surface area contributed by atoms with Crippen LogP contribution in [-0.4, -0.2) is 38.0 Å². The van der Waals surface area contributed by atoms with Crippen LogP contribution in [0.3, 0.4) is 0 Å². The highest BCUT2D eigenvalue weighted by molar-refractivity contribution is 7.59. The van der Waals surface area contributed by atoms with Crippen LogP contribution in [0, 0.1) is 0 Å². The summed E-state index contributed by atoms with van der Waals surface area (Å²) in [6.07, 6.45) is 0.750. The topological polar surface area (TPSA) is 71.5 Å². The third kappa shape index (κ3) is 155. The summed E-state index contributed by atoms with van der Waals surface area (Å²) in [6.45, 7) is 0. The zero-order valence-corrected chi connectivity index (χ0v) is 5.88. The van der Waals surface area contributed by atoms with Crippen molar-refractivity contribution in [2.75, 3.05) is 14.1 Å². The summed E-state index contributed by atoms with van der Waals surface area (Å²) in [7, 11) is 0.264. The molecule has 6 heteroatoms. The lowest BCUT2D eigenvalue weighted by Gasteiger charge is -1.93. The van der Waals surface area contributed by atoms with Crippen LogP contribution < -0.4 is 0 Å². The summed E-state index contributed by atoms with van der Waals surface area (Å²) in [6, 6.07) is 0. The van der Waals surface area contributed by atoms with Gasteiger partial charge >= 0.3 is 10.6 Å². The Morgan fingerprint density at radius 3 is 1.33 bits per heavy atom. The lowest BCUT2D eigenvalue weighted by molar-refractivity contribution is -0.115. The maximum Gasteiger partial charge on any atom is 0.425 e. The van der Waals surface area contributed by atoms with E-state index in [4.69, 9.17) is 12.6 Å². The molecule has 1 amide bonds. The van der Waals surface area contributed by atoms with Crippen molar-refractivity contribution >= 4 is 17.0 Å². The van der Waals surface area contributed by atoms with Crippen LogP contribution in [0.1, 0.15) is 0 Å². The Kier molecular flexibility index (Phi) is 8.64. The Labute approximate surface area is 54.3 Å². The van der Waals surface area contributed by atoms with E-state index in [-0.39, 0.29) is 0 Å². The Morgan fingerprint density at radius 1 is 1.22 bits per heavy atom. The molecule has 0 spiro atoms. The van der Waals surface area contributed by atoms with E-state index in [0.717, 1.165) is 6.41 Å². The predicted molar refractivity (Wildman–Crippen MR) is 29.4 cm³/mol. The number of rotatable bonds is 1. The first kappa shape index (κ1) is 11.0. The minimum atomic E-state index is -3.11. The van der Waals surface area contributed by atoms with E-state index < -0.39 is 10.6 Å². The second-order valence-corrected chi connectivity index (χ2v) is 1.68. The van der Waals surface area contributed by atoms with Crippen molar-refractivity contribution in [2.45, 2.75) is 0 Å². The van der Waals surface area contributed by atoms with E-state index in [9.17, 15) is 4.79 Å². The van der Waals surface area contributed by atoms with Gasteiger partial charge in [-0.2, -0.15) is 0 Å². The number of amides is 1. The molecule has 0 aliphatic heterocycles. The molecule has 0 N–H and O–H groups in total. The Hall–Kier alpha value is -0.910. The van der Waals surface area contributed by atoms with Gasteiger partial charge in [0.2, 0.25) is 6.41 Å². The molecule has 0 aromatic rings. The highest BCUT2D eigenvalue weighted by atomic mass is 32.2. The first-order valence-electron chi connectivity index (χ1n) is 1.89. The number of carbonyl (C=O) groups is 1. The molecule has 5 nitrogen and oxygen atoms in total. The van der Waals surface area contributed by atoms with E-state index >= 15 is 0 Å². The zero-order valence-electron chi connectivity index (χ0n) is 5.07. The smallest absolute Gasteiger partial charge is 0.351 e. The van der Waals surface area contributed by atoms with Gasteiger partial charge in [0, 0.05) is 14.1 Å². The molecule has 0 radical (unpaired) electrons. The average Bonchev–Trinajstić information content (AvgIpc) is 1.65. The third-order valence-corrected chi connectivity index (χ3v) is 0.211. The van der Waals surface area contributed by atoms with Crippen LogP contribution >= 0.6 is 0 Å². The highest BCUT2D eigenvalue weighted by Crippen LogP contribution is 1.52. The summed E-state index contributed by atoms with van der Waals surface area (Å²) in [5, 5.41) is 0. The minimum Gasteiger partial charge on any atom is -0.351 e. The normalized spacial score (nSPS) is 6.44. The monoisotopic (exact) mass is 153 g/mol. The van der Waals surface area contributed by atoms with E-state index in [1.54, 1.807) is 14.1 Å². The van der Waals surface area contributed by atoms with Crippen LogP contribution in [0.5, 0.6) is 0 Å². The molecule has 0 aromatic carbocycles. The van der Waals surface area contributed by atoms with Gasteiger partial charge in [-0.25, -0.2) is 0 Å². The molecule has 0 unspecified atom stereocenters. The maximum atomic E-state index is 9.43. The largest absolute Gasteiger partial charge is 0.425 e. The lowest BCUT2D eigenvalue weighted by atomic mass is 11.0. The molecule has 0 aliphatic rings. The highest BCUT2D eigenvalue weighted by Gasteiger charge is 1.68. The number of nitrogens with zero attached hydrogens (tertiary/aromatic N) is 1. The quantitative estimate of drug-likeness (QED) is 0.439. The Balaban J connectivity index is 0. The molecule has 0 aliphatic carbocycles. The van der Waals surface area contributed by atoms with Crippen LogP contribution in [0.15, 0.2) is 0 Å². The van der Waals surface area contributed by atoms with Crippen LogP contribution in [0.25, 0.3) is 0 Å². The summed E-state index contributed by atoms with van der Waals surface area (Å²) in [5.74, 6) is 0. The molecule has 0 fully saturated rings. The number of hydrogen-bond donors (Lipinski definition) is 0. The molecule has 0 saturated heterocycles. The molecule has 54 valence electrons. The molecule has 0 heterocycles. The fraction of sp³-hybridized carbons (Fsp3) is 0.667. The minimum absolute atomic E-state index is 0.750. The first-order chi connectivity index (χ1) is 4.00. The van der Waals surface area contributed by atoms with Gasteiger partial charge in [0.15, 0.2) is 0 Å². The first-order valence-corrected chi connectivity index (χ1v) is 2.89. The summed E-state index contributed by atoms with van der Waals surface area (Å²) in [5.41, 5.74) is 0. The van der Waals surface area contributed by atoms with Crippen molar-refractivity contribution in [3.8, 4) is 0 Å². The Morgan fingerprint density at radius 2 is 1.33 bits per heavy atom. The van der Waals surface area contributed by atoms with Gasteiger partial charge in [-0.1, -0.05) is 0 Å². The van der Waals surface area contributed by atoms with Crippen molar-refractivity contribution in [3.63, 3.8) is 0 Å². The van der Waals surface area contributed by atoms with Gasteiger partial charge in [-0.3, -0.25) is 4.79 Å². The van der Waals surface area contributed by atoms with Crippen molar-refractivity contribution < 1.29 is 17.4 Å². The van der Waals surface area contributed by atoms with Crippen LogP contribution in [-0.2, 0) is 15.4 Å². The Bertz CT molecular complexity index is 148.